The smallest absolute Gasteiger partial charge is 0.285 e. The fourth-order valence-electron chi connectivity index (χ4n) is 2.07. The number of nitrogens with one attached hydrogen (secondary N) is 1. The summed E-state index contributed by atoms with van der Waals surface area (Å²) in [7, 11) is 3.52. The molecule has 0 saturated carbocycles. The molecule has 1 atom stereocenters. The number of ether oxygens (including phenoxy) is 1. The Balaban J connectivity index is 1.94. The average molecular weight is 238 g/mol. The van der Waals surface area contributed by atoms with Gasteiger partial charge in [0.2, 0.25) is 0 Å². The highest BCUT2D eigenvalue weighted by Gasteiger charge is 2.26. The molecule has 0 aromatic carbocycles. The second-order valence-corrected chi connectivity index (χ2v) is 4.31. The van der Waals surface area contributed by atoms with Crippen LogP contribution in [0.3, 0.4) is 0 Å². The zero-order valence-corrected chi connectivity index (χ0v) is 10.2. The molecule has 0 spiro atoms. The Labute approximate surface area is 101 Å². The molecule has 0 unspecified atom stereocenters. The topological polar surface area (TPSA) is 59.4 Å². The number of hydrogen-bond donors (Lipinski definition) is 1. The van der Waals surface area contributed by atoms with E-state index in [0.29, 0.717) is 12.3 Å². The lowest BCUT2D eigenvalue weighted by atomic mass is 10.2. The monoisotopic (exact) mass is 238 g/mol. The molecule has 94 valence electrons. The van der Waals surface area contributed by atoms with Crippen LogP contribution in [0.15, 0.2) is 12.5 Å². The number of carbonyl (C=O) groups is 1. The van der Waals surface area contributed by atoms with E-state index in [0.717, 1.165) is 19.4 Å². The van der Waals surface area contributed by atoms with Crippen LogP contribution in [0.5, 0.6) is 0 Å². The number of methoxy groups -OCH3 is 1. The van der Waals surface area contributed by atoms with E-state index in [-0.39, 0.29) is 11.9 Å². The number of rotatable bonds is 4. The van der Waals surface area contributed by atoms with Crippen LogP contribution < -0.4 is 5.43 Å². The van der Waals surface area contributed by atoms with Crippen molar-refractivity contribution < 1.29 is 9.53 Å². The number of nitrogens with zero attached hydrogens (tertiary/aromatic N) is 3. The first-order chi connectivity index (χ1) is 8.20. The number of amides is 1. The second-order valence-electron chi connectivity index (χ2n) is 4.31. The zero-order valence-electron chi connectivity index (χ0n) is 10.2. The van der Waals surface area contributed by atoms with Gasteiger partial charge in [-0.2, -0.15) is 0 Å². The molecule has 1 aliphatic rings. The molecule has 1 aromatic rings. The van der Waals surface area contributed by atoms with Gasteiger partial charge in [-0.3, -0.25) is 10.2 Å². The van der Waals surface area contributed by atoms with Gasteiger partial charge < -0.3 is 9.30 Å². The molecular weight excluding hydrogens is 220 g/mol. The van der Waals surface area contributed by atoms with E-state index in [4.69, 9.17) is 4.74 Å². The third-order valence-electron chi connectivity index (χ3n) is 2.92. The molecule has 1 amide bonds. The van der Waals surface area contributed by atoms with Crippen LogP contribution >= 0.6 is 0 Å². The largest absolute Gasteiger partial charge is 0.383 e. The molecular formula is C11H18N4O2. The first kappa shape index (κ1) is 12.1. The van der Waals surface area contributed by atoms with Gasteiger partial charge in [0.05, 0.1) is 19.0 Å². The van der Waals surface area contributed by atoms with Gasteiger partial charge in [0.25, 0.3) is 5.91 Å². The van der Waals surface area contributed by atoms with E-state index in [2.05, 4.69) is 10.4 Å². The summed E-state index contributed by atoms with van der Waals surface area (Å²) in [6, 6.07) is 0.271. The number of hydrazine groups is 1. The van der Waals surface area contributed by atoms with Crippen molar-refractivity contribution >= 4 is 5.91 Å². The summed E-state index contributed by atoms with van der Waals surface area (Å²) in [5, 5.41) is 1.94. The average Bonchev–Trinajstić information content (AvgIpc) is 2.89. The van der Waals surface area contributed by atoms with Gasteiger partial charge in [0.1, 0.15) is 5.69 Å². The molecule has 0 aliphatic carbocycles. The predicted molar refractivity (Wildman–Crippen MR) is 62.3 cm³/mol. The van der Waals surface area contributed by atoms with Crippen LogP contribution in [0.1, 0.15) is 23.3 Å². The number of carbonyl (C=O) groups excluding carboxylic acids is 1. The molecule has 1 aromatic heterocycles. The maximum absolute atomic E-state index is 11.9. The molecule has 1 aliphatic heterocycles. The summed E-state index contributed by atoms with van der Waals surface area (Å²) >= 11 is 0. The highest BCUT2D eigenvalue weighted by Crippen LogP contribution is 2.15. The number of imidazole rings is 1. The molecule has 0 bridgehead atoms. The van der Waals surface area contributed by atoms with Gasteiger partial charge in [0, 0.05) is 26.9 Å². The van der Waals surface area contributed by atoms with Crippen LogP contribution in [-0.4, -0.2) is 46.8 Å². The molecule has 0 radical (unpaired) electrons. The van der Waals surface area contributed by atoms with E-state index in [1.54, 1.807) is 24.2 Å². The van der Waals surface area contributed by atoms with Crippen molar-refractivity contribution in [1.29, 1.82) is 0 Å². The number of aryl methyl sites for hydroxylation is 1. The molecule has 1 fully saturated rings. The predicted octanol–water partition coefficient (Wildman–Crippen LogP) is 0.176. The van der Waals surface area contributed by atoms with Crippen molar-refractivity contribution in [2.45, 2.75) is 18.9 Å². The Morgan fingerprint density at radius 2 is 2.53 bits per heavy atom. The Kier molecular flexibility index (Phi) is 3.75. The lowest BCUT2D eigenvalue weighted by Crippen LogP contribution is -2.46. The normalized spacial score (nSPS) is 20.7. The summed E-state index contributed by atoms with van der Waals surface area (Å²) in [4.78, 5) is 15.9. The minimum atomic E-state index is -0.159. The summed E-state index contributed by atoms with van der Waals surface area (Å²) in [6.07, 6.45) is 5.45. The third-order valence-corrected chi connectivity index (χ3v) is 2.92. The van der Waals surface area contributed by atoms with Crippen molar-refractivity contribution in [3.8, 4) is 0 Å². The minimum absolute atomic E-state index is 0.159. The molecule has 6 heteroatoms. The second kappa shape index (κ2) is 5.29. The Morgan fingerprint density at radius 1 is 1.71 bits per heavy atom. The molecule has 2 heterocycles. The van der Waals surface area contributed by atoms with Crippen molar-refractivity contribution in [3.05, 3.63) is 18.2 Å². The van der Waals surface area contributed by atoms with E-state index >= 15 is 0 Å². The lowest BCUT2D eigenvalue weighted by molar-refractivity contribution is 0.0607. The maximum atomic E-state index is 11.9. The van der Waals surface area contributed by atoms with Gasteiger partial charge in [-0.15, -0.1) is 0 Å². The first-order valence-electron chi connectivity index (χ1n) is 5.75. The van der Waals surface area contributed by atoms with Crippen molar-refractivity contribution in [3.63, 3.8) is 0 Å². The standard InChI is InChI=1S/C11H18N4O2/c1-14-6-10(12-8-14)11(16)13-15-5-3-4-9(15)7-17-2/h6,8-9H,3-5,7H2,1-2H3,(H,13,16)/t9-/m0/s1. The highest BCUT2D eigenvalue weighted by atomic mass is 16.5. The molecule has 6 nitrogen and oxygen atoms in total. The molecule has 1 N–H and O–H groups in total. The third kappa shape index (κ3) is 2.83. The van der Waals surface area contributed by atoms with E-state index < -0.39 is 0 Å². The minimum Gasteiger partial charge on any atom is -0.383 e. The summed E-state index contributed by atoms with van der Waals surface area (Å²) in [5.41, 5.74) is 3.32. The van der Waals surface area contributed by atoms with Crippen molar-refractivity contribution in [2.24, 2.45) is 7.05 Å². The Bertz CT molecular complexity index is 391. The van der Waals surface area contributed by atoms with E-state index in [1.807, 2.05) is 12.1 Å². The summed E-state index contributed by atoms with van der Waals surface area (Å²) < 4.78 is 6.89. The number of aromatic nitrogens is 2. The summed E-state index contributed by atoms with van der Waals surface area (Å²) in [5.74, 6) is -0.159. The van der Waals surface area contributed by atoms with E-state index in [1.165, 1.54) is 0 Å². The van der Waals surface area contributed by atoms with E-state index in [9.17, 15) is 4.79 Å². The zero-order chi connectivity index (χ0) is 12.3. The quantitative estimate of drug-likeness (QED) is 0.812. The van der Waals surface area contributed by atoms with Crippen molar-refractivity contribution in [2.75, 3.05) is 20.3 Å². The van der Waals surface area contributed by atoms with Gasteiger partial charge in [-0.25, -0.2) is 9.99 Å². The molecule has 2 rings (SSSR count). The number of hydrogen-bond acceptors (Lipinski definition) is 4. The fraction of sp³-hybridized carbons (Fsp3) is 0.636. The first-order valence-corrected chi connectivity index (χ1v) is 5.75. The highest BCUT2D eigenvalue weighted by molar-refractivity contribution is 5.91. The Hall–Kier alpha value is -1.40. The lowest BCUT2D eigenvalue weighted by Gasteiger charge is -2.23. The van der Waals surface area contributed by atoms with Crippen LogP contribution in [0.2, 0.25) is 0 Å². The summed E-state index contributed by atoms with van der Waals surface area (Å²) in [6.45, 7) is 1.51. The fourth-order valence-corrected chi connectivity index (χ4v) is 2.07. The maximum Gasteiger partial charge on any atom is 0.285 e. The Morgan fingerprint density at radius 3 is 3.18 bits per heavy atom. The van der Waals surface area contributed by atoms with Gasteiger partial charge in [-0.1, -0.05) is 0 Å². The van der Waals surface area contributed by atoms with Crippen LogP contribution in [-0.2, 0) is 11.8 Å². The molecule has 1 saturated heterocycles. The SMILES string of the molecule is COC[C@@H]1CCCN1NC(=O)c1cn(C)cn1. The van der Waals surface area contributed by atoms with Crippen LogP contribution in [0.25, 0.3) is 0 Å². The van der Waals surface area contributed by atoms with Crippen LogP contribution in [0, 0.1) is 0 Å². The van der Waals surface area contributed by atoms with Gasteiger partial charge >= 0.3 is 0 Å². The molecule has 17 heavy (non-hydrogen) atoms. The van der Waals surface area contributed by atoms with Gasteiger partial charge in [0.15, 0.2) is 0 Å². The van der Waals surface area contributed by atoms with Crippen molar-refractivity contribution in [1.82, 2.24) is 20.0 Å². The van der Waals surface area contributed by atoms with Crippen LogP contribution in [0.4, 0.5) is 0 Å². The van der Waals surface area contributed by atoms with Gasteiger partial charge in [-0.05, 0) is 12.8 Å².